The van der Waals surface area contributed by atoms with Gasteiger partial charge in [0.25, 0.3) is 0 Å². The van der Waals surface area contributed by atoms with Crippen molar-refractivity contribution in [2.24, 2.45) is 4.99 Å². The lowest BCUT2D eigenvalue weighted by Crippen LogP contribution is -2.20. The zero-order valence-electron chi connectivity index (χ0n) is 10.5. The van der Waals surface area contributed by atoms with Gasteiger partial charge in [-0.3, -0.25) is 9.89 Å². The molecule has 1 aliphatic rings. The second-order valence-corrected chi connectivity index (χ2v) is 4.41. The van der Waals surface area contributed by atoms with Gasteiger partial charge in [0.05, 0.1) is 5.69 Å². The topological polar surface area (TPSA) is 41.4 Å². The van der Waals surface area contributed by atoms with Gasteiger partial charge in [-0.1, -0.05) is 29.8 Å². The summed E-state index contributed by atoms with van der Waals surface area (Å²) in [6.45, 7) is 0.530. The van der Waals surface area contributed by atoms with E-state index >= 15 is 0 Å². The van der Waals surface area contributed by atoms with Crippen LogP contribution in [0.15, 0.2) is 53.8 Å². The van der Waals surface area contributed by atoms with Crippen LogP contribution >= 0.6 is 24.0 Å². The number of anilines is 1. The summed E-state index contributed by atoms with van der Waals surface area (Å²) >= 11 is 6.19. The molecule has 0 aliphatic carbocycles. The van der Waals surface area contributed by atoms with Crippen LogP contribution in [0.5, 0.6) is 0 Å². The third kappa shape index (κ3) is 2.98. The number of rotatable bonds is 2. The lowest BCUT2D eigenvalue weighted by Gasteiger charge is -2.18. The summed E-state index contributed by atoms with van der Waals surface area (Å²) in [4.78, 5) is 14.8. The van der Waals surface area contributed by atoms with E-state index in [1.54, 1.807) is 12.4 Å². The second-order valence-electron chi connectivity index (χ2n) is 4.01. The molecule has 102 valence electrons. The highest BCUT2D eigenvalue weighted by atomic mass is 35.5. The molecule has 0 saturated carbocycles. The van der Waals surface area contributed by atoms with E-state index in [4.69, 9.17) is 11.6 Å². The molecule has 2 heterocycles. The molecule has 0 N–H and O–H groups in total. The van der Waals surface area contributed by atoms with Crippen LogP contribution in [0, 0.1) is 0 Å². The Morgan fingerprint density at radius 2 is 2.00 bits per heavy atom. The van der Waals surface area contributed by atoms with E-state index < -0.39 is 0 Å². The van der Waals surface area contributed by atoms with Crippen LogP contribution in [0.1, 0.15) is 0 Å². The number of halogens is 2. The van der Waals surface area contributed by atoms with Gasteiger partial charge in [0, 0.05) is 29.2 Å². The van der Waals surface area contributed by atoms with Gasteiger partial charge >= 0.3 is 0 Å². The molecule has 1 aliphatic heterocycles. The van der Waals surface area contributed by atoms with Crippen LogP contribution in [-0.4, -0.2) is 22.9 Å². The molecule has 0 atom stereocenters. The van der Waals surface area contributed by atoms with Crippen molar-refractivity contribution in [2.75, 3.05) is 11.6 Å². The molecule has 0 saturated heterocycles. The van der Waals surface area contributed by atoms with Crippen molar-refractivity contribution >= 4 is 36.2 Å². The molecule has 2 aromatic rings. The van der Waals surface area contributed by atoms with E-state index in [-0.39, 0.29) is 12.4 Å². The number of aromatic nitrogens is 2. The first-order valence-electron chi connectivity index (χ1n) is 5.86. The van der Waals surface area contributed by atoms with Gasteiger partial charge in [-0.05, 0) is 18.2 Å². The summed E-state index contributed by atoms with van der Waals surface area (Å²) in [6.07, 6.45) is 7.25. The van der Waals surface area contributed by atoms with Gasteiger partial charge in [0.1, 0.15) is 6.67 Å². The van der Waals surface area contributed by atoms with Crippen LogP contribution in [0.3, 0.4) is 0 Å². The van der Waals surface area contributed by atoms with E-state index in [0.29, 0.717) is 17.6 Å². The molecule has 0 bridgehead atoms. The lowest BCUT2D eigenvalue weighted by atomic mass is 10.1. The van der Waals surface area contributed by atoms with E-state index in [0.717, 1.165) is 11.3 Å². The first-order chi connectivity index (χ1) is 9.34. The van der Waals surface area contributed by atoms with Crippen LogP contribution in [0.25, 0.3) is 11.3 Å². The highest BCUT2D eigenvalue weighted by Gasteiger charge is 2.10. The fourth-order valence-electron chi connectivity index (χ4n) is 1.82. The number of aliphatic imine (C=N–C) groups is 1. The van der Waals surface area contributed by atoms with Gasteiger partial charge in [0.2, 0.25) is 5.95 Å². The molecule has 1 aromatic heterocycles. The number of allylic oxidation sites excluding steroid dienone is 1. The summed E-state index contributed by atoms with van der Waals surface area (Å²) in [5.41, 5.74) is 1.70. The predicted octanol–water partition coefficient (Wildman–Crippen LogP) is 3.58. The average Bonchev–Trinajstić information content (AvgIpc) is 2.49. The molecule has 0 spiro atoms. The normalized spacial score (nSPS) is 13.2. The van der Waals surface area contributed by atoms with E-state index in [2.05, 4.69) is 15.0 Å². The van der Waals surface area contributed by atoms with Crippen molar-refractivity contribution in [1.82, 2.24) is 9.97 Å². The van der Waals surface area contributed by atoms with E-state index in [1.165, 1.54) is 0 Å². The first-order valence-corrected chi connectivity index (χ1v) is 6.23. The van der Waals surface area contributed by atoms with Gasteiger partial charge < -0.3 is 0 Å². The van der Waals surface area contributed by atoms with Crippen LogP contribution in [0.4, 0.5) is 5.95 Å². The van der Waals surface area contributed by atoms with Crippen molar-refractivity contribution < 1.29 is 0 Å². The summed E-state index contributed by atoms with van der Waals surface area (Å²) in [7, 11) is 0. The lowest BCUT2D eigenvalue weighted by molar-refractivity contribution is 0.911. The predicted molar refractivity (Wildman–Crippen MR) is 84.7 cm³/mol. The number of benzene rings is 1. The first kappa shape index (κ1) is 14.5. The van der Waals surface area contributed by atoms with Crippen molar-refractivity contribution in [1.29, 1.82) is 0 Å². The third-order valence-electron chi connectivity index (χ3n) is 2.74. The minimum absolute atomic E-state index is 0. The quantitative estimate of drug-likeness (QED) is 0.851. The standard InChI is InChI=1S/C14H11ClN4.ClH/c15-12-5-2-1-4-11(12)13-6-8-17-14(18-13)19-9-3-7-16-10-19;/h1-9H,10H2;1H. The maximum absolute atomic E-state index is 6.19. The molecule has 6 heteroatoms. The summed E-state index contributed by atoms with van der Waals surface area (Å²) in [5.74, 6) is 0.616. The Bertz CT molecular complexity index is 655. The van der Waals surface area contributed by atoms with E-state index in [9.17, 15) is 0 Å². The minimum Gasteiger partial charge on any atom is -0.297 e. The van der Waals surface area contributed by atoms with Crippen molar-refractivity contribution in [3.8, 4) is 11.3 Å². The number of hydrogen-bond donors (Lipinski definition) is 0. The highest BCUT2D eigenvalue weighted by Crippen LogP contribution is 2.26. The van der Waals surface area contributed by atoms with Crippen molar-refractivity contribution in [2.45, 2.75) is 0 Å². The maximum atomic E-state index is 6.19. The number of nitrogens with zero attached hydrogens (tertiary/aromatic N) is 4. The zero-order chi connectivity index (χ0) is 13.1. The monoisotopic (exact) mass is 306 g/mol. The summed E-state index contributed by atoms with van der Waals surface area (Å²) < 4.78 is 0. The molecule has 4 nitrogen and oxygen atoms in total. The Kier molecular flexibility index (Phi) is 4.71. The van der Waals surface area contributed by atoms with Crippen LogP contribution in [-0.2, 0) is 0 Å². The fraction of sp³-hybridized carbons (Fsp3) is 0.0714. The smallest absolute Gasteiger partial charge is 0.231 e. The van der Waals surface area contributed by atoms with Crippen molar-refractivity contribution in [3.05, 3.63) is 53.8 Å². The summed E-state index contributed by atoms with van der Waals surface area (Å²) in [6, 6.07) is 9.48. The molecule has 0 radical (unpaired) electrons. The minimum atomic E-state index is 0. The molecule has 0 amide bonds. The van der Waals surface area contributed by atoms with Crippen molar-refractivity contribution in [3.63, 3.8) is 0 Å². The average molecular weight is 307 g/mol. The highest BCUT2D eigenvalue weighted by molar-refractivity contribution is 6.33. The number of hydrogen-bond acceptors (Lipinski definition) is 4. The van der Waals surface area contributed by atoms with Gasteiger partial charge in [0.15, 0.2) is 0 Å². The molecule has 0 unspecified atom stereocenters. The Balaban J connectivity index is 0.00000147. The van der Waals surface area contributed by atoms with Gasteiger partial charge in [-0.15, -0.1) is 12.4 Å². The van der Waals surface area contributed by atoms with Gasteiger partial charge in [-0.2, -0.15) is 0 Å². The van der Waals surface area contributed by atoms with Crippen LogP contribution < -0.4 is 4.90 Å². The largest absolute Gasteiger partial charge is 0.297 e. The summed E-state index contributed by atoms with van der Waals surface area (Å²) in [5, 5.41) is 0.680. The molecule has 1 aromatic carbocycles. The Labute approximate surface area is 128 Å². The van der Waals surface area contributed by atoms with Gasteiger partial charge in [-0.25, -0.2) is 9.97 Å². The SMILES string of the molecule is Cl.Clc1ccccc1-c1ccnc(N2C=CC=NC2)n1. The Hall–Kier alpha value is -1.91. The molecule has 20 heavy (non-hydrogen) atoms. The second kappa shape index (κ2) is 6.50. The van der Waals surface area contributed by atoms with E-state index in [1.807, 2.05) is 47.5 Å². The Morgan fingerprint density at radius 3 is 2.75 bits per heavy atom. The molecule has 3 rings (SSSR count). The maximum Gasteiger partial charge on any atom is 0.231 e. The Morgan fingerprint density at radius 1 is 1.15 bits per heavy atom. The van der Waals surface area contributed by atoms with Crippen LogP contribution in [0.2, 0.25) is 5.02 Å². The zero-order valence-corrected chi connectivity index (χ0v) is 12.1. The fourth-order valence-corrected chi connectivity index (χ4v) is 2.05. The molecular formula is C14H12Cl2N4. The molecular weight excluding hydrogens is 295 g/mol. The third-order valence-corrected chi connectivity index (χ3v) is 3.07. The molecule has 0 fully saturated rings.